The quantitative estimate of drug-likeness (QED) is 0.528. The summed E-state index contributed by atoms with van der Waals surface area (Å²) in [6, 6.07) is 22.4. The molecule has 28 heavy (non-hydrogen) atoms. The number of amides is 1. The van der Waals surface area contributed by atoms with Crippen LogP contribution in [0, 0.1) is 5.92 Å². The van der Waals surface area contributed by atoms with Crippen LogP contribution in [-0.4, -0.2) is 11.9 Å². The number of esters is 1. The fourth-order valence-electron chi connectivity index (χ4n) is 3.56. The lowest BCUT2D eigenvalue weighted by molar-refractivity contribution is -0.157. The van der Waals surface area contributed by atoms with Gasteiger partial charge in [0.1, 0.15) is 18.3 Å². The molecule has 2 aromatic carbocycles. The molecule has 6 nitrogen and oxygen atoms in total. The first kappa shape index (κ1) is 18.0. The molecule has 1 aromatic heterocycles. The van der Waals surface area contributed by atoms with Crippen molar-refractivity contribution in [3.8, 4) is 0 Å². The summed E-state index contributed by atoms with van der Waals surface area (Å²) in [5.41, 5.74) is 7.56. The monoisotopic (exact) mass is 376 g/mol. The normalized spacial score (nSPS) is 21.7. The molecule has 6 heteroatoms. The third-order valence-corrected chi connectivity index (χ3v) is 4.89. The summed E-state index contributed by atoms with van der Waals surface area (Å²) >= 11 is 0. The Balaban J connectivity index is 1.66. The van der Waals surface area contributed by atoms with Crippen LogP contribution >= 0.6 is 0 Å². The maximum absolute atomic E-state index is 12.9. The van der Waals surface area contributed by atoms with Gasteiger partial charge in [-0.3, -0.25) is 15.0 Å². The molecular formula is C22H20N2O4. The van der Waals surface area contributed by atoms with Gasteiger partial charge in [0.2, 0.25) is 5.91 Å². The number of rotatable bonds is 5. The lowest BCUT2D eigenvalue weighted by atomic mass is 9.76. The molecule has 0 bridgehead atoms. The number of ether oxygens (including phenoxy) is 1. The lowest BCUT2D eigenvalue weighted by Crippen LogP contribution is -2.55. The second-order valence-electron chi connectivity index (χ2n) is 6.62. The second kappa shape index (κ2) is 8.10. The van der Waals surface area contributed by atoms with E-state index in [-0.39, 0.29) is 12.6 Å². The Labute approximate surface area is 162 Å². The van der Waals surface area contributed by atoms with Crippen LogP contribution in [0.3, 0.4) is 0 Å². The van der Waals surface area contributed by atoms with Crippen LogP contribution in [0.4, 0.5) is 0 Å². The van der Waals surface area contributed by atoms with E-state index in [0.717, 1.165) is 11.1 Å². The van der Waals surface area contributed by atoms with Gasteiger partial charge in [0.15, 0.2) is 0 Å². The van der Waals surface area contributed by atoms with Gasteiger partial charge in [-0.25, -0.2) is 5.43 Å². The van der Waals surface area contributed by atoms with Gasteiger partial charge in [-0.2, -0.15) is 0 Å². The predicted octanol–water partition coefficient (Wildman–Crippen LogP) is 3.10. The van der Waals surface area contributed by atoms with Gasteiger partial charge >= 0.3 is 5.97 Å². The Bertz CT molecular complexity index is 926. The molecule has 142 valence electrons. The molecule has 1 saturated heterocycles. The van der Waals surface area contributed by atoms with Crippen LogP contribution < -0.4 is 10.9 Å². The Morgan fingerprint density at radius 1 is 0.929 bits per heavy atom. The molecule has 2 heterocycles. The van der Waals surface area contributed by atoms with E-state index in [4.69, 9.17) is 9.15 Å². The SMILES string of the molecule is O=C1NNC(c2ccccc2)C(c2ccccc2)C1C(=O)OCc1ccco1. The van der Waals surface area contributed by atoms with Crippen molar-refractivity contribution in [2.75, 3.05) is 0 Å². The molecule has 2 N–H and O–H groups in total. The third kappa shape index (κ3) is 3.68. The number of nitrogens with one attached hydrogen (secondary N) is 2. The van der Waals surface area contributed by atoms with Crippen molar-refractivity contribution >= 4 is 11.9 Å². The fraction of sp³-hybridized carbons (Fsp3) is 0.182. The highest BCUT2D eigenvalue weighted by Gasteiger charge is 2.45. The van der Waals surface area contributed by atoms with Gasteiger partial charge < -0.3 is 9.15 Å². The molecule has 0 saturated carbocycles. The zero-order valence-corrected chi connectivity index (χ0v) is 15.1. The average Bonchev–Trinajstić information content (AvgIpc) is 3.27. The van der Waals surface area contributed by atoms with Crippen LogP contribution in [0.2, 0.25) is 0 Å². The molecule has 0 aliphatic carbocycles. The maximum Gasteiger partial charge on any atom is 0.319 e. The lowest BCUT2D eigenvalue weighted by Gasteiger charge is -2.37. The number of carbonyl (C=O) groups is 2. The zero-order chi connectivity index (χ0) is 19.3. The largest absolute Gasteiger partial charge is 0.466 e. The van der Waals surface area contributed by atoms with E-state index in [1.54, 1.807) is 12.1 Å². The minimum atomic E-state index is -0.983. The topological polar surface area (TPSA) is 80.6 Å². The number of hydrazine groups is 1. The summed E-state index contributed by atoms with van der Waals surface area (Å²) in [6.45, 7) is -0.0133. The van der Waals surface area contributed by atoms with Crippen LogP contribution in [-0.2, 0) is 20.9 Å². The Morgan fingerprint density at radius 2 is 1.61 bits per heavy atom. The van der Waals surface area contributed by atoms with Gasteiger partial charge in [-0.1, -0.05) is 60.7 Å². The highest BCUT2D eigenvalue weighted by Crippen LogP contribution is 2.39. The van der Waals surface area contributed by atoms with Crippen LogP contribution in [0.1, 0.15) is 28.8 Å². The molecule has 1 aliphatic heterocycles. The minimum Gasteiger partial charge on any atom is -0.466 e. The Morgan fingerprint density at radius 3 is 2.25 bits per heavy atom. The minimum absolute atomic E-state index is 0.0133. The molecule has 1 fully saturated rings. The van der Waals surface area contributed by atoms with Crippen LogP contribution in [0.15, 0.2) is 83.5 Å². The standard InChI is InChI=1S/C22H20N2O4/c25-21-19(22(26)28-14-17-12-7-13-27-17)18(15-8-3-1-4-9-15)20(23-24-21)16-10-5-2-6-11-16/h1-13,18-20,23H,14H2,(H,24,25). The van der Waals surface area contributed by atoms with Crippen molar-refractivity contribution < 1.29 is 18.7 Å². The second-order valence-corrected chi connectivity index (χ2v) is 6.62. The molecule has 3 aromatic rings. The van der Waals surface area contributed by atoms with E-state index in [1.165, 1.54) is 6.26 Å². The summed E-state index contributed by atoms with van der Waals surface area (Å²) in [4.78, 5) is 25.6. The van der Waals surface area contributed by atoms with E-state index >= 15 is 0 Å². The average molecular weight is 376 g/mol. The highest BCUT2D eigenvalue weighted by molar-refractivity contribution is 5.99. The van der Waals surface area contributed by atoms with Crippen molar-refractivity contribution in [1.82, 2.24) is 10.9 Å². The summed E-state index contributed by atoms with van der Waals surface area (Å²) < 4.78 is 10.6. The Kier molecular flexibility index (Phi) is 5.21. The maximum atomic E-state index is 12.9. The number of hydrogen-bond donors (Lipinski definition) is 2. The van der Waals surface area contributed by atoms with E-state index in [0.29, 0.717) is 5.76 Å². The van der Waals surface area contributed by atoms with Crippen molar-refractivity contribution in [2.24, 2.45) is 5.92 Å². The van der Waals surface area contributed by atoms with E-state index < -0.39 is 23.7 Å². The molecule has 3 unspecified atom stereocenters. The first-order valence-electron chi connectivity index (χ1n) is 9.08. The first-order chi connectivity index (χ1) is 13.7. The van der Waals surface area contributed by atoms with Crippen LogP contribution in [0.25, 0.3) is 0 Å². The molecular weight excluding hydrogens is 356 g/mol. The molecule has 4 rings (SSSR count). The number of hydrogen-bond acceptors (Lipinski definition) is 5. The predicted molar refractivity (Wildman–Crippen MR) is 102 cm³/mol. The molecule has 1 aliphatic rings. The van der Waals surface area contributed by atoms with E-state index in [9.17, 15) is 9.59 Å². The summed E-state index contributed by atoms with van der Waals surface area (Å²) in [5, 5.41) is 0. The Hall–Kier alpha value is -3.38. The van der Waals surface area contributed by atoms with Crippen LogP contribution in [0.5, 0.6) is 0 Å². The summed E-state index contributed by atoms with van der Waals surface area (Å²) in [7, 11) is 0. The van der Waals surface area contributed by atoms with E-state index in [2.05, 4.69) is 10.9 Å². The molecule has 0 spiro atoms. The zero-order valence-electron chi connectivity index (χ0n) is 15.1. The summed E-state index contributed by atoms with van der Waals surface area (Å²) in [6.07, 6.45) is 1.51. The summed E-state index contributed by atoms with van der Waals surface area (Å²) in [5.74, 6) is -1.86. The fourth-order valence-corrected chi connectivity index (χ4v) is 3.56. The van der Waals surface area contributed by atoms with Crippen molar-refractivity contribution in [1.29, 1.82) is 0 Å². The number of furan rings is 1. The van der Waals surface area contributed by atoms with Gasteiger partial charge in [-0.15, -0.1) is 0 Å². The van der Waals surface area contributed by atoms with Gasteiger partial charge in [0, 0.05) is 5.92 Å². The van der Waals surface area contributed by atoms with Crippen molar-refractivity contribution in [3.05, 3.63) is 95.9 Å². The van der Waals surface area contributed by atoms with Gasteiger partial charge in [0.05, 0.1) is 12.3 Å². The van der Waals surface area contributed by atoms with Crippen molar-refractivity contribution in [2.45, 2.75) is 18.6 Å². The molecule has 1 amide bonds. The highest BCUT2D eigenvalue weighted by atomic mass is 16.5. The van der Waals surface area contributed by atoms with Crippen molar-refractivity contribution in [3.63, 3.8) is 0 Å². The smallest absolute Gasteiger partial charge is 0.319 e. The number of carbonyl (C=O) groups excluding carboxylic acids is 2. The van der Waals surface area contributed by atoms with E-state index in [1.807, 2.05) is 60.7 Å². The molecule has 0 radical (unpaired) electrons. The third-order valence-electron chi connectivity index (χ3n) is 4.89. The van der Waals surface area contributed by atoms with Gasteiger partial charge in [0.25, 0.3) is 0 Å². The molecule has 3 atom stereocenters. The van der Waals surface area contributed by atoms with Gasteiger partial charge in [-0.05, 0) is 23.3 Å². The first-order valence-corrected chi connectivity index (χ1v) is 9.08. The number of benzene rings is 2.